The molecule has 57 heavy (non-hydrogen) atoms. The Morgan fingerprint density at radius 1 is 0.474 bits per heavy atom. The van der Waals surface area contributed by atoms with Gasteiger partial charge >= 0.3 is 54.3 Å². The standard InChI is InChI=1S/3C10H11F3O5S/c3*1-6(10(11,12)13)9(15)17-4-7(14)18-8-5-19-3-2-16-8/h3*8H,1-5H2. The quantitative estimate of drug-likeness (QED) is 0.119. The number of halogens is 9. The second kappa shape index (κ2) is 25.0. The van der Waals surface area contributed by atoms with Crippen molar-refractivity contribution in [2.75, 3.05) is 74.2 Å². The molecule has 0 aliphatic carbocycles. The van der Waals surface area contributed by atoms with Gasteiger partial charge < -0.3 is 42.6 Å². The van der Waals surface area contributed by atoms with Crippen molar-refractivity contribution in [1.82, 2.24) is 0 Å². The van der Waals surface area contributed by atoms with Gasteiger partial charge in [-0.2, -0.15) is 74.8 Å². The van der Waals surface area contributed by atoms with Crippen LogP contribution in [-0.4, -0.2) is 147 Å². The fourth-order valence-electron chi connectivity index (χ4n) is 3.13. The van der Waals surface area contributed by atoms with E-state index in [0.29, 0.717) is 37.1 Å². The maximum Gasteiger partial charge on any atom is 0.422 e. The highest BCUT2D eigenvalue weighted by Crippen LogP contribution is 2.27. The van der Waals surface area contributed by atoms with E-state index < -0.39 is 110 Å². The number of carbonyl (C=O) groups is 6. The molecular formula is C30H33F9O15S3. The van der Waals surface area contributed by atoms with Crippen LogP contribution >= 0.6 is 35.3 Å². The molecule has 0 aromatic rings. The predicted octanol–water partition coefficient (Wildman–Crippen LogP) is 3.84. The van der Waals surface area contributed by atoms with Gasteiger partial charge in [0.1, 0.15) is 16.7 Å². The molecule has 0 saturated carbocycles. The molecule has 3 fully saturated rings. The summed E-state index contributed by atoms with van der Waals surface area (Å²) in [5.41, 5.74) is -5.03. The first-order valence-corrected chi connectivity index (χ1v) is 18.8. The van der Waals surface area contributed by atoms with Crippen LogP contribution in [0, 0.1) is 0 Å². The van der Waals surface area contributed by atoms with Crippen LogP contribution in [0.2, 0.25) is 0 Å². The number of hydrogen-bond donors (Lipinski definition) is 0. The highest BCUT2D eigenvalue weighted by molar-refractivity contribution is 7.99. The van der Waals surface area contributed by atoms with Crippen LogP contribution in [0.1, 0.15) is 0 Å². The number of rotatable bonds is 12. The molecule has 27 heteroatoms. The summed E-state index contributed by atoms with van der Waals surface area (Å²) < 4.78 is 150. The first kappa shape index (κ1) is 51.4. The first-order chi connectivity index (χ1) is 26.4. The Balaban J connectivity index is 0.000000427. The zero-order chi connectivity index (χ0) is 43.4. The van der Waals surface area contributed by atoms with E-state index in [1.807, 2.05) is 0 Å². The number of ether oxygens (including phenoxy) is 9. The topological polar surface area (TPSA) is 185 Å². The van der Waals surface area contributed by atoms with Gasteiger partial charge in [0, 0.05) is 17.3 Å². The third kappa shape index (κ3) is 22.2. The van der Waals surface area contributed by atoms with E-state index in [9.17, 15) is 68.3 Å². The summed E-state index contributed by atoms with van der Waals surface area (Å²) in [5, 5.41) is 0. The van der Waals surface area contributed by atoms with Crippen molar-refractivity contribution < 1.29 is 111 Å². The van der Waals surface area contributed by atoms with Crippen molar-refractivity contribution in [2.24, 2.45) is 0 Å². The lowest BCUT2D eigenvalue weighted by atomic mass is 10.3. The number of carbonyl (C=O) groups excluding carboxylic acids is 6. The Kier molecular flexibility index (Phi) is 22.5. The highest BCUT2D eigenvalue weighted by Gasteiger charge is 2.40. The minimum Gasteiger partial charge on any atom is -0.450 e. The maximum atomic E-state index is 12.1. The Bertz CT molecular complexity index is 1250. The zero-order valence-corrected chi connectivity index (χ0v) is 31.5. The number of esters is 6. The molecule has 15 nitrogen and oxygen atoms in total. The predicted molar refractivity (Wildman–Crippen MR) is 178 cm³/mol. The summed E-state index contributed by atoms with van der Waals surface area (Å²) in [6, 6.07) is 0. The summed E-state index contributed by atoms with van der Waals surface area (Å²) in [6.07, 6.45) is -17.0. The maximum absolute atomic E-state index is 12.1. The molecule has 0 bridgehead atoms. The molecule has 0 radical (unpaired) electrons. The second-order valence-corrected chi connectivity index (χ2v) is 13.7. The van der Waals surface area contributed by atoms with Crippen LogP contribution in [0.25, 0.3) is 0 Å². The Hall–Kier alpha value is -3.66. The average Bonchev–Trinajstić information content (AvgIpc) is 3.14. The van der Waals surface area contributed by atoms with Crippen molar-refractivity contribution in [3.63, 3.8) is 0 Å². The van der Waals surface area contributed by atoms with E-state index in [-0.39, 0.29) is 0 Å². The molecular weight excluding hydrogens is 867 g/mol. The summed E-state index contributed by atoms with van der Waals surface area (Å²) in [6.45, 7) is 6.09. The van der Waals surface area contributed by atoms with Crippen molar-refractivity contribution in [3.8, 4) is 0 Å². The van der Waals surface area contributed by atoms with E-state index in [2.05, 4.69) is 33.9 Å². The van der Waals surface area contributed by atoms with Crippen LogP contribution in [0.4, 0.5) is 39.5 Å². The molecule has 3 aliphatic rings. The molecule has 0 amide bonds. The molecule has 0 aromatic carbocycles. The van der Waals surface area contributed by atoms with E-state index >= 15 is 0 Å². The molecule has 324 valence electrons. The van der Waals surface area contributed by atoms with E-state index in [1.165, 1.54) is 35.3 Å². The normalized spacial score (nSPS) is 19.6. The van der Waals surface area contributed by atoms with Gasteiger partial charge in [-0.1, -0.05) is 19.7 Å². The molecule has 3 heterocycles. The molecule has 0 spiro atoms. The zero-order valence-electron chi connectivity index (χ0n) is 29.1. The van der Waals surface area contributed by atoms with Gasteiger partial charge in [0.25, 0.3) is 0 Å². The SMILES string of the molecule is C=C(C(=O)OCC(=O)OC1CSCCO1)C(F)(F)F.C=C(C(=O)OCC(=O)OC1CSCCO1)C(F)(F)F.C=C(C(=O)OCC(=O)OC1CSCCO1)C(F)(F)F. The fraction of sp³-hybridized carbons (Fsp3) is 0.600. The first-order valence-electron chi connectivity index (χ1n) is 15.4. The molecule has 3 rings (SSSR count). The van der Waals surface area contributed by atoms with Gasteiger partial charge in [0.05, 0.1) is 37.1 Å². The van der Waals surface area contributed by atoms with E-state index in [0.717, 1.165) is 17.3 Å². The van der Waals surface area contributed by atoms with Crippen LogP contribution in [0.3, 0.4) is 0 Å². The molecule has 3 aliphatic heterocycles. The van der Waals surface area contributed by atoms with Crippen LogP contribution < -0.4 is 0 Å². The summed E-state index contributed by atoms with van der Waals surface area (Å²) in [4.78, 5) is 66.3. The van der Waals surface area contributed by atoms with Crippen molar-refractivity contribution in [2.45, 2.75) is 37.4 Å². The second-order valence-electron chi connectivity index (χ2n) is 10.3. The van der Waals surface area contributed by atoms with Crippen molar-refractivity contribution in [1.29, 1.82) is 0 Å². The Morgan fingerprint density at radius 3 is 0.877 bits per heavy atom. The molecule has 0 aromatic heterocycles. The lowest BCUT2D eigenvalue weighted by molar-refractivity contribution is -0.182. The van der Waals surface area contributed by atoms with Gasteiger partial charge in [-0.25, -0.2) is 28.8 Å². The smallest absolute Gasteiger partial charge is 0.422 e. The van der Waals surface area contributed by atoms with Crippen LogP contribution in [-0.2, 0) is 71.4 Å². The van der Waals surface area contributed by atoms with Crippen LogP contribution in [0.15, 0.2) is 36.5 Å². The lowest BCUT2D eigenvalue weighted by Gasteiger charge is -2.21. The van der Waals surface area contributed by atoms with Gasteiger partial charge in [0.2, 0.25) is 18.9 Å². The molecule has 3 saturated heterocycles. The number of alkyl halides is 9. The minimum absolute atomic E-state index is 0.410. The summed E-state index contributed by atoms with van der Waals surface area (Å²) in [7, 11) is 0. The Morgan fingerprint density at radius 2 is 0.702 bits per heavy atom. The van der Waals surface area contributed by atoms with E-state index in [1.54, 1.807) is 0 Å². The number of thioether (sulfide) groups is 3. The molecule has 0 N–H and O–H groups in total. The van der Waals surface area contributed by atoms with E-state index in [4.69, 9.17) is 28.4 Å². The third-order valence-corrected chi connectivity index (χ3v) is 8.76. The van der Waals surface area contributed by atoms with Gasteiger partial charge in [0.15, 0.2) is 19.8 Å². The fourth-order valence-corrected chi connectivity index (χ4v) is 5.34. The molecule has 3 unspecified atom stereocenters. The highest BCUT2D eigenvalue weighted by atomic mass is 32.2. The largest absolute Gasteiger partial charge is 0.450 e. The minimum atomic E-state index is -4.88. The summed E-state index contributed by atoms with van der Waals surface area (Å²) >= 11 is 4.51. The average molecular weight is 901 g/mol. The van der Waals surface area contributed by atoms with Gasteiger partial charge in [-0.15, -0.1) is 0 Å². The van der Waals surface area contributed by atoms with Gasteiger partial charge in [-0.05, 0) is 0 Å². The van der Waals surface area contributed by atoms with Crippen molar-refractivity contribution in [3.05, 3.63) is 36.5 Å². The summed E-state index contributed by atoms with van der Waals surface area (Å²) in [5.74, 6) is -4.45. The number of hydrogen-bond acceptors (Lipinski definition) is 18. The Labute approximate surface area is 329 Å². The monoisotopic (exact) mass is 900 g/mol. The third-order valence-electron chi connectivity index (χ3n) is 5.87. The van der Waals surface area contributed by atoms with Crippen molar-refractivity contribution >= 4 is 71.1 Å². The van der Waals surface area contributed by atoms with Crippen LogP contribution in [0.5, 0.6) is 0 Å². The molecule has 3 atom stereocenters. The van der Waals surface area contributed by atoms with Gasteiger partial charge in [-0.3, -0.25) is 0 Å². The lowest BCUT2D eigenvalue weighted by Crippen LogP contribution is -2.31.